The summed E-state index contributed by atoms with van der Waals surface area (Å²) in [6, 6.07) is 9.11. The van der Waals surface area contributed by atoms with Gasteiger partial charge < -0.3 is 19.4 Å². The van der Waals surface area contributed by atoms with Gasteiger partial charge in [0, 0.05) is 19.6 Å². The van der Waals surface area contributed by atoms with E-state index < -0.39 is 21.8 Å². The number of carbonyl (C=O) groups is 2. The highest BCUT2D eigenvalue weighted by atomic mass is 32.2. The molecule has 10 heteroatoms. The number of furan rings is 1. The number of nitrogens with two attached hydrogens (primary N) is 1. The van der Waals surface area contributed by atoms with Crippen LogP contribution in [0.2, 0.25) is 0 Å². The van der Waals surface area contributed by atoms with Gasteiger partial charge in [0.2, 0.25) is 15.9 Å². The Morgan fingerprint density at radius 2 is 1.77 bits per heavy atom. The Morgan fingerprint density at radius 1 is 1.13 bits per heavy atom. The molecule has 1 unspecified atom stereocenters. The largest absolute Gasteiger partial charge is 0.464 e. The van der Waals surface area contributed by atoms with Crippen LogP contribution in [0, 0.1) is 13.8 Å². The molecule has 1 aliphatic heterocycles. The van der Waals surface area contributed by atoms with E-state index in [2.05, 4.69) is 5.32 Å². The highest BCUT2D eigenvalue weighted by Gasteiger charge is 2.31. The van der Waals surface area contributed by atoms with Gasteiger partial charge in [-0.25, -0.2) is 13.6 Å². The average Bonchev–Trinajstić information content (AvgIpc) is 3.03. The molecule has 3 rings (SSSR count). The molecule has 1 aromatic heterocycles. The number of nitrogens with one attached hydrogen (secondary N) is 1. The molecule has 30 heavy (non-hydrogen) atoms. The Kier molecular flexibility index (Phi) is 6.59. The van der Waals surface area contributed by atoms with Crippen molar-refractivity contribution in [2.24, 2.45) is 5.14 Å². The fraction of sp³-hybridized carbons (Fsp3) is 0.400. The molecule has 0 aliphatic carbocycles. The number of rotatable bonds is 6. The molecule has 0 spiro atoms. The standard InChI is InChI=1S/C20H25N3O6S/c1-13-17(18(14(2)29-13)30(21,26)27)19(24)22-12-16(15-6-4-3-5-7-15)20(25)23-8-10-28-11-9-23/h3-7,16H,8-12H2,1-2H3,(H,22,24)(H2,21,26,27). The molecule has 1 atom stereocenters. The van der Waals surface area contributed by atoms with E-state index in [9.17, 15) is 18.0 Å². The summed E-state index contributed by atoms with van der Waals surface area (Å²) in [6.07, 6.45) is 0. The molecule has 162 valence electrons. The summed E-state index contributed by atoms with van der Waals surface area (Å²) >= 11 is 0. The summed E-state index contributed by atoms with van der Waals surface area (Å²) in [5.41, 5.74) is 0.613. The summed E-state index contributed by atoms with van der Waals surface area (Å²) < 4.78 is 34.5. The number of carbonyl (C=O) groups excluding carboxylic acids is 2. The van der Waals surface area contributed by atoms with Crippen molar-refractivity contribution in [2.45, 2.75) is 24.7 Å². The first-order valence-electron chi connectivity index (χ1n) is 9.52. The summed E-state index contributed by atoms with van der Waals surface area (Å²) in [5.74, 6) is -1.23. The van der Waals surface area contributed by atoms with E-state index in [1.807, 2.05) is 30.3 Å². The number of nitrogens with zero attached hydrogens (tertiary/aromatic N) is 1. The van der Waals surface area contributed by atoms with Gasteiger partial charge in [-0.05, 0) is 19.4 Å². The molecular formula is C20H25N3O6S. The van der Waals surface area contributed by atoms with Crippen molar-refractivity contribution in [3.8, 4) is 0 Å². The highest BCUT2D eigenvalue weighted by molar-refractivity contribution is 7.89. The van der Waals surface area contributed by atoms with Gasteiger partial charge in [-0.3, -0.25) is 9.59 Å². The predicted molar refractivity (Wildman–Crippen MR) is 108 cm³/mol. The average molecular weight is 436 g/mol. The lowest BCUT2D eigenvalue weighted by molar-refractivity contribution is -0.136. The molecule has 9 nitrogen and oxygen atoms in total. The molecule has 1 aliphatic rings. The lowest BCUT2D eigenvalue weighted by Crippen LogP contribution is -2.45. The Bertz CT molecular complexity index is 1030. The number of amides is 2. The maximum absolute atomic E-state index is 13.1. The minimum atomic E-state index is -4.16. The van der Waals surface area contributed by atoms with Crippen molar-refractivity contribution in [3.05, 3.63) is 53.0 Å². The van der Waals surface area contributed by atoms with Crippen LogP contribution in [0.3, 0.4) is 0 Å². The van der Waals surface area contributed by atoms with Gasteiger partial charge in [-0.2, -0.15) is 0 Å². The van der Waals surface area contributed by atoms with Gasteiger partial charge in [-0.1, -0.05) is 30.3 Å². The molecule has 1 aromatic carbocycles. The highest BCUT2D eigenvalue weighted by Crippen LogP contribution is 2.26. The predicted octanol–water partition coefficient (Wildman–Crippen LogP) is 0.916. The maximum atomic E-state index is 13.1. The molecule has 0 radical (unpaired) electrons. The van der Waals surface area contributed by atoms with Crippen molar-refractivity contribution >= 4 is 21.8 Å². The van der Waals surface area contributed by atoms with E-state index in [4.69, 9.17) is 14.3 Å². The van der Waals surface area contributed by atoms with Crippen LogP contribution >= 0.6 is 0 Å². The minimum Gasteiger partial charge on any atom is -0.464 e. The monoisotopic (exact) mass is 435 g/mol. The lowest BCUT2D eigenvalue weighted by Gasteiger charge is -2.30. The molecule has 1 fully saturated rings. The first kappa shape index (κ1) is 22.0. The van der Waals surface area contributed by atoms with Crippen LogP contribution in [0.5, 0.6) is 0 Å². The fourth-order valence-corrected chi connectivity index (χ4v) is 4.55. The van der Waals surface area contributed by atoms with E-state index in [-0.39, 0.29) is 34.4 Å². The Morgan fingerprint density at radius 3 is 2.37 bits per heavy atom. The van der Waals surface area contributed by atoms with Crippen LogP contribution in [-0.2, 0) is 19.6 Å². The Hall–Kier alpha value is -2.69. The van der Waals surface area contributed by atoms with Crippen molar-refractivity contribution in [2.75, 3.05) is 32.8 Å². The van der Waals surface area contributed by atoms with E-state index in [1.165, 1.54) is 13.8 Å². The molecule has 2 aromatic rings. The van der Waals surface area contributed by atoms with Gasteiger partial charge in [0.25, 0.3) is 5.91 Å². The zero-order valence-corrected chi connectivity index (χ0v) is 17.7. The van der Waals surface area contributed by atoms with Gasteiger partial charge >= 0.3 is 0 Å². The zero-order chi connectivity index (χ0) is 21.9. The fourth-order valence-electron chi connectivity index (χ4n) is 3.59. The Labute approximate surface area is 175 Å². The van der Waals surface area contributed by atoms with Crippen molar-refractivity contribution in [3.63, 3.8) is 0 Å². The maximum Gasteiger partial charge on any atom is 0.256 e. The molecule has 0 bridgehead atoms. The van der Waals surface area contributed by atoms with Crippen LogP contribution in [0.4, 0.5) is 0 Å². The summed E-state index contributed by atoms with van der Waals surface area (Å²) in [4.78, 5) is 27.3. The molecule has 2 amide bonds. The molecule has 3 N–H and O–H groups in total. The van der Waals surface area contributed by atoms with E-state index in [1.54, 1.807) is 4.90 Å². The van der Waals surface area contributed by atoms with Gasteiger partial charge in [-0.15, -0.1) is 0 Å². The van der Waals surface area contributed by atoms with Gasteiger partial charge in [0.15, 0.2) is 0 Å². The second kappa shape index (κ2) is 8.99. The quantitative estimate of drug-likeness (QED) is 0.693. The van der Waals surface area contributed by atoms with Crippen LogP contribution in [0.25, 0.3) is 0 Å². The van der Waals surface area contributed by atoms with Crippen LogP contribution < -0.4 is 10.5 Å². The van der Waals surface area contributed by atoms with E-state index >= 15 is 0 Å². The minimum absolute atomic E-state index is 0.00718. The number of morpholine rings is 1. The molecule has 0 saturated carbocycles. The Balaban J connectivity index is 1.84. The number of sulfonamides is 1. The van der Waals surface area contributed by atoms with E-state index in [0.717, 1.165) is 5.56 Å². The molecular weight excluding hydrogens is 410 g/mol. The molecule has 1 saturated heterocycles. The number of hydrogen-bond donors (Lipinski definition) is 2. The lowest BCUT2D eigenvalue weighted by atomic mass is 9.97. The summed E-state index contributed by atoms with van der Waals surface area (Å²) in [6.45, 7) is 4.79. The number of hydrogen-bond acceptors (Lipinski definition) is 6. The van der Waals surface area contributed by atoms with E-state index in [0.29, 0.717) is 26.3 Å². The second-order valence-electron chi connectivity index (χ2n) is 7.07. The third-order valence-electron chi connectivity index (χ3n) is 5.01. The van der Waals surface area contributed by atoms with Crippen molar-refractivity contribution in [1.82, 2.24) is 10.2 Å². The van der Waals surface area contributed by atoms with Gasteiger partial charge in [0.05, 0.1) is 19.1 Å². The SMILES string of the molecule is Cc1oc(C)c(S(N)(=O)=O)c1C(=O)NCC(C(=O)N1CCOCC1)c1ccccc1. The normalized spacial score (nSPS) is 15.6. The first-order valence-corrected chi connectivity index (χ1v) is 11.1. The van der Waals surface area contributed by atoms with Crippen LogP contribution in [0.1, 0.15) is 33.4 Å². The van der Waals surface area contributed by atoms with Gasteiger partial charge in [0.1, 0.15) is 22.0 Å². The smallest absolute Gasteiger partial charge is 0.256 e. The first-order chi connectivity index (χ1) is 14.2. The summed E-state index contributed by atoms with van der Waals surface area (Å²) in [5, 5.41) is 7.95. The van der Waals surface area contributed by atoms with Crippen molar-refractivity contribution < 1.29 is 27.2 Å². The third kappa shape index (κ3) is 4.72. The number of ether oxygens (including phenoxy) is 1. The van der Waals surface area contributed by atoms with Crippen LogP contribution in [-0.4, -0.2) is 58.0 Å². The second-order valence-corrected chi connectivity index (χ2v) is 8.57. The molecule has 2 heterocycles. The number of aryl methyl sites for hydroxylation is 2. The summed E-state index contributed by atoms with van der Waals surface area (Å²) in [7, 11) is -4.16. The van der Waals surface area contributed by atoms with Crippen molar-refractivity contribution in [1.29, 1.82) is 0 Å². The number of primary sulfonamides is 1. The topological polar surface area (TPSA) is 132 Å². The third-order valence-corrected chi connectivity index (χ3v) is 6.07. The zero-order valence-electron chi connectivity index (χ0n) is 16.9. The van der Waals surface area contributed by atoms with Crippen LogP contribution in [0.15, 0.2) is 39.6 Å². The number of benzene rings is 1.